The minimum atomic E-state index is -0.846. The molecule has 0 rings (SSSR count). The van der Waals surface area contributed by atoms with E-state index in [4.69, 9.17) is 4.74 Å². The average Bonchev–Trinajstić information content (AvgIpc) is 3.51. The van der Waals surface area contributed by atoms with Crippen molar-refractivity contribution in [3.8, 4) is 0 Å². The number of aliphatic hydroxyl groups is 2. The number of esters is 1. The lowest BCUT2D eigenvalue weighted by Gasteiger charge is -2.20. The van der Waals surface area contributed by atoms with Crippen molar-refractivity contribution in [3.63, 3.8) is 0 Å². The van der Waals surface area contributed by atoms with Gasteiger partial charge in [0.05, 0.1) is 25.4 Å². The molecule has 0 aliphatic carbocycles. The Morgan fingerprint density at radius 2 is 0.560 bits per heavy atom. The minimum absolute atomic E-state index is 0.0193. The molecule has 84 heavy (non-hydrogen) atoms. The maximum atomic E-state index is 12.5. The number of rotatable bonds is 73. The summed E-state index contributed by atoms with van der Waals surface area (Å²) in [6, 6.07) is -0.630. The lowest BCUT2D eigenvalue weighted by molar-refractivity contribution is -0.143. The Balaban J connectivity index is 3.40. The van der Waals surface area contributed by atoms with Crippen LogP contribution in [0.25, 0.3) is 0 Å². The van der Waals surface area contributed by atoms with Crippen LogP contribution in [-0.4, -0.2) is 47.4 Å². The van der Waals surface area contributed by atoms with Crippen molar-refractivity contribution >= 4 is 11.9 Å². The number of carbonyl (C=O) groups is 2. The molecule has 0 aliphatic heterocycles. The van der Waals surface area contributed by atoms with Crippen molar-refractivity contribution in [1.29, 1.82) is 0 Å². The lowest BCUT2D eigenvalue weighted by atomic mass is 10.0. The molecule has 0 fully saturated rings. The van der Waals surface area contributed by atoms with E-state index in [1.807, 2.05) is 6.08 Å². The third kappa shape index (κ3) is 69.4. The number of allylic oxidation sites excluding steroid dienone is 3. The van der Waals surface area contributed by atoms with E-state index in [1.165, 1.54) is 372 Å². The fourth-order valence-corrected chi connectivity index (χ4v) is 12.3. The summed E-state index contributed by atoms with van der Waals surface area (Å²) in [5.41, 5.74) is 0. The van der Waals surface area contributed by atoms with E-state index >= 15 is 0 Å². The standard InChI is InChI=1S/C78H151NO5/c1-3-5-7-9-11-13-15-17-19-21-22-23-24-30-33-36-39-42-46-50-54-58-62-66-70-76(81)75(74-80)79-77(82)71-67-63-59-55-51-47-43-40-37-34-31-28-26-25-27-29-32-35-38-41-45-49-53-57-61-65-69-73-84-78(83)72-68-64-60-56-52-48-44-20-18-16-14-12-10-8-6-4-2/h25-26,66,70,75-76,80-81H,3-24,27-65,67-69,71-74H2,1-2H3,(H,79,82)/b26-25-,70-66+. The molecule has 0 radical (unpaired) electrons. The molecule has 0 saturated heterocycles. The minimum Gasteiger partial charge on any atom is -0.466 e. The van der Waals surface area contributed by atoms with Gasteiger partial charge in [0.2, 0.25) is 5.91 Å². The summed E-state index contributed by atoms with van der Waals surface area (Å²) in [4.78, 5) is 24.6. The highest BCUT2D eigenvalue weighted by Gasteiger charge is 2.18. The zero-order valence-electron chi connectivity index (χ0n) is 57.2. The molecule has 2 atom stereocenters. The first-order valence-electron chi connectivity index (χ1n) is 38.6. The van der Waals surface area contributed by atoms with Gasteiger partial charge in [0.1, 0.15) is 0 Å². The van der Waals surface area contributed by atoms with Crippen LogP contribution in [0, 0.1) is 0 Å². The Morgan fingerprint density at radius 1 is 0.321 bits per heavy atom. The number of carbonyl (C=O) groups excluding carboxylic acids is 2. The van der Waals surface area contributed by atoms with Gasteiger partial charge >= 0.3 is 5.97 Å². The Bertz CT molecular complexity index is 1320. The number of amides is 1. The molecule has 0 spiro atoms. The van der Waals surface area contributed by atoms with Gasteiger partial charge < -0.3 is 20.3 Å². The first-order chi connectivity index (χ1) is 41.5. The number of ether oxygens (including phenoxy) is 1. The van der Waals surface area contributed by atoms with Gasteiger partial charge in [0, 0.05) is 12.8 Å². The second-order valence-corrected chi connectivity index (χ2v) is 26.7. The molecule has 1 amide bonds. The van der Waals surface area contributed by atoms with Gasteiger partial charge in [-0.05, 0) is 57.8 Å². The van der Waals surface area contributed by atoms with E-state index < -0.39 is 12.1 Å². The van der Waals surface area contributed by atoms with Crippen LogP contribution in [0.4, 0.5) is 0 Å². The van der Waals surface area contributed by atoms with E-state index in [-0.39, 0.29) is 18.5 Å². The maximum Gasteiger partial charge on any atom is 0.305 e. The SMILES string of the molecule is CCCCCCCCCCCCCCCCCCCCCCCC/C=C/C(O)C(CO)NC(=O)CCCCCCCCCCCCC/C=C\CCCCCCCCCCCCCCOC(=O)CCCCCCCCCCCCCCCCCC. The molecule has 498 valence electrons. The van der Waals surface area contributed by atoms with Crippen LogP contribution in [0.3, 0.4) is 0 Å². The molecule has 0 aromatic carbocycles. The monoisotopic (exact) mass is 1180 g/mol. The van der Waals surface area contributed by atoms with Crippen molar-refractivity contribution in [2.45, 2.75) is 450 Å². The van der Waals surface area contributed by atoms with Crippen molar-refractivity contribution in [3.05, 3.63) is 24.3 Å². The molecule has 6 heteroatoms. The zero-order valence-corrected chi connectivity index (χ0v) is 57.2. The van der Waals surface area contributed by atoms with Crippen LogP contribution in [0.2, 0.25) is 0 Å². The zero-order chi connectivity index (χ0) is 60.6. The van der Waals surface area contributed by atoms with Gasteiger partial charge in [0.15, 0.2) is 0 Å². The Labute approximate surface area is 526 Å². The number of aliphatic hydroxyl groups excluding tert-OH is 2. The van der Waals surface area contributed by atoms with E-state index in [9.17, 15) is 19.8 Å². The summed E-state index contributed by atoms with van der Waals surface area (Å²) in [6.45, 7) is 4.96. The smallest absolute Gasteiger partial charge is 0.305 e. The summed E-state index contributed by atoms with van der Waals surface area (Å²) in [5.74, 6) is -0.0445. The number of nitrogens with one attached hydrogen (secondary N) is 1. The molecule has 2 unspecified atom stereocenters. The predicted octanol–water partition coefficient (Wildman–Crippen LogP) is 25.3. The Kier molecular flexibility index (Phi) is 72.3. The van der Waals surface area contributed by atoms with Crippen LogP contribution in [0.1, 0.15) is 438 Å². The van der Waals surface area contributed by atoms with Crippen molar-refractivity contribution < 1.29 is 24.5 Å². The van der Waals surface area contributed by atoms with Crippen LogP contribution < -0.4 is 5.32 Å². The van der Waals surface area contributed by atoms with Gasteiger partial charge in [-0.1, -0.05) is 391 Å². The summed E-state index contributed by atoms with van der Waals surface area (Å²) in [7, 11) is 0. The largest absolute Gasteiger partial charge is 0.466 e. The molecule has 0 aromatic heterocycles. The van der Waals surface area contributed by atoms with Crippen molar-refractivity contribution in [2.24, 2.45) is 0 Å². The van der Waals surface area contributed by atoms with Gasteiger partial charge in [-0.25, -0.2) is 0 Å². The summed E-state index contributed by atoms with van der Waals surface area (Å²) in [5, 5.41) is 23.3. The second-order valence-electron chi connectivity index (χ2n) is 26.7. The van der Waals surface area contributed by atoms with E-state index in [2.05, 4.69) is 31.3 Å². The van der Waals surface area contributed by atoms with E-state index in [0.29, 0.717) is 19.4 Å². The van der Waals surface area contributed by atoms with Crippen LogP contribution in [-0.2, 0) is 14.3 Å². The predicted molar refractivity (Wildman–Crippen MR) is 370 cm³/mol. The van der Waals surface area contributed by atoms with E-state index in [0.717, 1.165) is 38.5 Å². The third-order valence-electron chi connectivity index (χ3n) is 18.2. The van der Waals surface area contributed by atoms with Crippen LogP contribution in [0.5, 0.6) is 0 Å². The van der Waals surface area contributed by atoms with E-state index in [1.54, 1.807) is 6.08 Å². The summed E-state index contributed by atoms with van der Waals surface area (Å²) < 4.78 is 5.51. The third-order valence-corrected chi connectivity index (χ3v) is 18.2. The topological polar surface area (TPSA) is 95.9 Å². The van der Waals surface area contributed by atoms with Gasteiger partial charge in [-0.3, -0.25) is 9.59 Å². The molecule has 0 heterocycles. The number of unbranched alkanes of at least 4 members (excludes halogenated alkanes) is 60. The number of hydrogen-bond donors (Lipinski definition) is 3. The maximum absolute atomic E-state index is 12.5. The average molecular weight is 1180 g/mol. The highest BCUT2D eigenvalue weighted by atomic mass is 16.5. The fraction of sp³-hybridized carbons (Fsp3) is 0.923. The molecule has 3 N–H and O–H groups in total. The molecule has 0 aromatic rings. The Morgan fingerprint density at radius 3 is 0.845 bits per heavy atom. The van der Waals surface area contributed by atoms with Crippen molar-refractivity contribution in [2.75, 3.05) is 13.2 Å². The highest BCUT2D eigenvalue weighted by molar-refractivity contribution is 5.76. The fourth-order valence-electron chi connectivity index (χ4n) is 12.3. The van der Waals surface area contributed by atoms with Gasteiger partial charge in [0.25, 0.3) is 0 Å². The molecule has 0 saturated carbocycles. The Hall–Kier alpha value is -1.66. The summed E-state index contributed by atoms with van der Waals surface area (Å²) in [6.07, 6.45) is 94.3. The van der Waals surface area contributed by atoms with Gasteiger partial charge in [-0.15, -0.1) is 0 Å². The first kappa shape index (κ1) is 82.3. The molecular weight excluding hydrogens is 1030 g/mol. The first-order valence-corrected chi connectivity index (χ1v) is 38.6. The number of hydrogen-bond acceptors (Lipinski definition) is 5. The van der Waals surface area contributed by atoms with Gasteiger partial charge in [-0.2, -0.15) is 0 Å². The summed E-state index contributed by atoms with van der Waals surface area (Å²) >= 11 is 0. The normalized spacial score (nSPS) is 12.6. The quantitative estimate of drug-likeness (QED) is 0.0320. The highest BCUT2D eigenvalue weighted by Crippen LogP contribution is 2.20. The molecule has 6 nitrogen and oxygen atoms in total. The van der Waals surface area contributed by atoms with Crippen LogP contribution >= 0.6 is 0 Å². The molecule has 0 bridgehead atoms. The van der Waals surface area contributed by atoms with Crippen LogP contribution in [0.15, 0.2) is 24.3 Å². The van der Waals surface area contributed by atoms with Crippen molar-refractivity contribution in [1.82, 2.24) is 5.32 Å². The molecular formula is C78H151NO5. The molecule has 0 aliphatic rings. The lowest BCUT2D eigenvalue weighted by Crippen LogP contribution is -2.45. The second kappa shape index (κ2) is 73.8.